The molecule has 0 saturated carbocycles. The van der Waals surface area contributed by atoms with E-state index in [-0.39, 0.29) is 17.7 Å². The Hall–Kier alpha value is -0.430. The van der Waals surface area contributed by atoms with Crippen molar-refractivity contribution >= 4 is 15.9 Å². The molecule has 0 aliphatic heterocycles. The van der Waals surface area contributed by atoms with Crippen LogP contribution in [0, 0.1) is 0 Å². The second kappa shape index (κ2) is 6.83. The minimum absolute atomic E-state index is 0.128. The summed E-state index contributed by atoms with van der Waals surface area (Å²) in [4.78, 5) is 0. The van der Waals surface area contributed by atoms with Crippen LogP contribution in [-0.4, -0.2) is 22.0 Å². The number of ether oxygens (including phenoxy) is 1. The van der Waals surface area contributed by atoms with E-state index in [1.165, 1.54) is 0 Å². The van der Waals surface area contributed by atoms with E-state index in [4.69, 9.17) is 10.6 Å². The third-order valence-electron chi connectivity index (χ3n) is 3.50. The van der Waals surface area contributed by atoms with Crippen molar-refractivity contribution in [2.45, 2.75) is 58.7 Å². The van der Waals surface area contributed by atoms with Crippen LogP contribution in [-0.2, 0) is 4.74 Å². The fraction of sp³-hybridized carbons (Fsp3) is 0.769. The smallest absolute Gasteiger partial charge is 0.0927 e. The number of aromatic nitrogens is 2. The molecule has 5 nitrogen and oxygen atoms in total. The van der Waals surface area contributed by atoms with Crippen LogP contribution in [0.15, 0.2) is 10.7 Å². The molecule has 2 atom stereocenters. The maximum absolute atomic E-state index is 5.94. The van der Waals surface area contributed by atoms with Crippen molar-refractivity contribution in [3.8, 4) is 0 Å². The highest BCUT2D eigenvalue weighted by atomic mass is 79.9. The van der Waals surface area contributed by atoms with Crippen LogP contribution >= 0.6 is 15.9 Å². The van der Waals surface area contributed by atoms with E-state index in [0.29, 0.717) is 6.61 Å². The summed E-state index contributed by atoms with van der Waals surface area (Å²) in [5.74, 6) is 5.80. The lowest BCUT2D eigenvalue weighted by Gasteiger charge is -2.37. The summed E-state index contributed by atoms with van der Waals surface area (Å²) < 4.78 is 8.86. The summed E-state index contributed by atoms with van der Waals surface area (Å²) >= 11 is 3.57. The summed E-state index contributed by atoms with van der Waals surface area (Å²) in [6, 6.07) is 0.136. The SMILES string of the molecule is CCOC(C)(CC)C(NN)c1c(Br)cnn1C(C)C. The summed E-state index contributed by atoms with van der Waals surface area (Å²) in [7, 11) is 0. The molecule has 1 rings (SSSR count). The predicted octanol–water partition coefficient (Wildman–Crippen LogP) is 2.94. The lowest BCUT2D eigenvalue weighted by molar-refractivity contribution is -0.0586. The molecule has 0 spiro atoms. The first-order valence-electron chi connectivity index (χ1n) is 6.74. The Morgan fingerprint density at radius 2 is 2.16 bits per heavy atom. The maximum Gasteiger partial charge on any atom is 0.0927 e. The first-order valence-corrected chi connectivity index (χ1v) is 7.53. The van der Waals surface area contributed by atoms with Crippen LogP contribution in [0.1, 0.15) is 58.8 Å². The molecular formula is C13H25BrN4O. The van der Waals surface area contributed by atoms with Gasteiger partial charge in [-0.1, -0.05) is 6.92 Å². The fourth-order valence-electron chi connectivity index (χ4n) is 2.30. The van der Waals surface area contributed by atoms with Crippen LogP contribution in [0.4, 0.5) is 0 Å². The third kappa shape index (κ3) is 3.37. The van der Waals surface area contributed by atoms with Crippen LogP contribution < -0.4 is 11.3 Å². The van der Waals surface area contributed by atoms with E-state index in [9.17, 15) is 0 Å². The van der Waals surface area contributed by atoms with Gasteiger partial charge in [0.2, 0.25) is 0 Å². The average Bonchev–Trinajstić information content (AvgIpc) is 2.73. The van der Waals surface area contributed by atoms with Gasteiger partial charge in [-0.05, 0) is 50.0 Å². The van der Waals surface area contributed by atoms with Crippen LogP contribution in [0.2, 0.25) is 0 Å². The van der Waals surface area contributed by atoms with Crippen molar-refractivity contribution in [1.82, 2.24) is 15.2 Å². The van der Waals surface area contributed by atoms with Crippen LogP contribution in [0.25, 0.3) is 0 Å². The summed E-state index contributed by atoms with van der Waals surface area (Å²) in [6.45, 7) is 11.0. The van der Waals surface area contributed by atoms with Crippen molar-refractivity contribution in [3.05, 3.63) is 16.4 Å². The van der Waals surface area contributed by atoms with Crippen LogP contribution in [0.3, 0.4) is 0 Å². The molecule has 0 aliphatic carbocycles. The molecule has 0 amide bonds. The Balaban J connectivity index is 3.26. The molecule has 0 saturated heterocycles. The van der Waals surface area contributed by atoms with Gasteiger partial charge in [0.25, 0.3) is 0 Å². The molecule has 2 unspecified atom stereocenters. The highest BCUT2D eigenvalue weighted by Gasteiger charge is 2.37. The quantitative estimate of drug-likeness (QED) is 0.595. The molecule has 1 aromatic rings. The van der Waals surface area contributed by atoms with Gasteiger partial charge in [0.05, 0.1) is 28.0 Å². The number of hydrogen-bond donors (Lipinski definition) is 2. The van der Waals surface area contributed by atoms with Crippen molar-refractivity contribution in [1.29, 1.82) is 0 Å². The van der Waals surface area contributed by atoms with Crippen molar-refractivity contribution in [2.24, 2.45) is 5.84 Å². The summed E-state index contributed by atoms with van der Waals surface area (Å²) in [5.41, 5.74) is 3.55. The van der Waals surface area contributed by atoms with Crippen molar-refractivity contribution in [2.75, 3.05) is 6.61 Å². The zero-order valence-electron chi connectivity index (χ0n) is 12.4. The van der Waals surface area contributed by atoms with E-state index < -0.39 is 0 Å². The van der Waals surface area contributed by atoms with E-state index in [2.05, 4.69) is 54.1 Å². The molecule has 110 valence electrons. The number of nitrogens with two attached hydrogens (primary N) is 1. The van der Waals surface area contributed by atoms with Gasteiger partial charge in [-0.3, -0.25) is 10.5 Å². The molecule has 0 aromatic carbocycles. The Bertz CT molecular complexity index is 407. The predicted molar refractivity (Wildman–Crippen MR) is 80.7 cm³/mol. The average molecular weight is 333 g/mol. The summed E-state index contributed by atoms with van der Waals surface area (Å²) in [6.07, 6.45) is 2.66. The first kappa shape index (κ1) is 16.6. The normalized spacial score (nSPS) is 16.6. The highest BCUT2D eigenvalue weighted by molar-refractivity contribution is 9.10. The minimum Gasteiger partial charge on any atom is -0.373 e. The molecule has 0 bridgehead atoms. The van der Waals surface area contributed by atoms with Gasteiger partial charge in [-0.25, -0.2) is 5.43 Å². The van der Waals surface area contributed by atoms with Gasteiger partial charge < -0.3 is 4.74 Å². The number of rotatable bonds is 7. The number of halogens is 1. The fourth-order valence-corrected chi connectivity index (χ4v) is 2.80. The number of hydrazine groups is 1. The van der Waals surface area contributed by atoms with Gasteiger partial charge in [0.1, 0.15) is 0 Å². The van der Waals surface area contributed by atoms with Crippen molar-refractivity contribution < 1.29 is 4.74 Å². The van der Waals surface area contributed by atoms with E-state index in [1.807, 2.05) is 17.8 Å². The molecule has 6 heteroatoms. The standard InChI is InChI=1S/C13H25BrN4O/c1-6-13(5,19-7-2)12(17-15)11-10(14)8-16-18(11)9(3)4/h8-9,12,17H,6-7,15H2,1-5H3. The second-order valence-electron chi connectivity index (χ2n) is 5.11. The molecular weight excluding hydrogens is 308 g/mol. The number of nitrogens with zero attached hydrogens (tertiary/aromatic N) is 2. The lowest BCUT2D eigenvalue weighted by Crippen LogP contribution is -2.47. The Morgan fingerprint density at radius 3 is 2.58 bits per heavy atom. The summed E-state index contributed by atoms with van der Waals surface area (Å²) in [5, 5.41) is 4.41. The Morgan fingerprint density at radius 1 is 1.53 bits per heavy atom. The zero-order valence-corrected chi connectivity index (χ0v) is 14.0. The molecule has 1 aromatic heterocycles. The molecule has 3 N–H and O–H groups in total. The Labute approximate surface area is 124 Å². The van der Waals surface area contributed by atoms with Gasteiger partial charge in [-0.15, -0.1) is 0 Å². The van der Waals surface area contributed by atoms with Gasteiger partial charge >= 0.3 is 0 Å². The molecule has 1 heterocycles. The Kier molecular flexibility index (Phi) is 5.98. The maximum atomic E-state index is 5.94. The van der Waals surface area contributed by atoms with E-state index in [1.54, 1.807) is 0 Å². The monoisotopic (exact) mass is 332 g/mol. The molecule has 19 heavy (non-hydrogen) atoms. The van der Waals surface area contributed by atoms with Crippen molar-refractivity contribution in [3.63, 3.8) is 0 Å². The van der Waals surface area contributed by atoms with Gasteiger partial charge in [-0.2, -0.15) is 5.10 Å². The highest BCUT2D eigenvalue weighted by Crippen LogP contribution is 2.36. The zero-order chi connectivity index (χ0) is 14.6. The second-order valence-corrected chi connectivity index (χ2v) is 5.97. The van der Waals surface area contributed by atoms with E-state index >= 15 is 0 Å². The minimum atomic E-state index is -0.376. The van der Waals surface area contributed by atoms with Gasteiger partial charge in [0, 0.05) is 12.6 Å². The largest absolute Gasteiger partial charge is 0.373 e. The lowest BCUT2D eigenvalue weighted by atomic mass is 9.90. The van der Waals surface area contributed by atoms with Gasteiger partial charge in [0.15, 0.2) is 0 Å². The van der Waals surface area contributed by atoms with Crippen LogP contribution in [0.5, 0.6) is 0 Å². The van der Waals surface area contributed by atoms with E-state index in [0.717, 1.165) is 16.6 Å². The first-order chi connectivity index (χ1) is 8.91. The molecule has 0 fully saturated rings. The third-order valence-corrected chi connectivity index (χ3v) is 4.11. The topological polar surface area (TPSA) is 65.1 Å². The number of hydrogen-bond acceptors (Lipinski definition) is 4. The molecule has 0 aliphatic rings. The molecule has 0 radical (unpaired) electrons. The number of nitrogens with one attached hydrogen (secondary N) is 1.